The molecule has 0 spiro atoms. The molecule has 1 aliphatic rings. The number of carbonyl (C=O) groups excluding carboxylic acids is 1. The number of rotatable bonds is 4. The van der Waals surface area contributed by atoms with Gasteiger partial charge in [0.05, 0.1) is 13.7 Å². The smallest absolute Gasteiger partial charge is 0.319 e. The Kier molecular flexibility index (Phi) is 4.45. The number of halogens is 2. The van der Waals surface area contributed by atoms with Gasteiger partial charge < -0.3 is 10.1 Å². The summed E-state index contributed by atoms with van der Waals surface area (Å²) in [6.07, 6.45) is 0.998. The molecule has 1 saturated carbocycles. The van der Waals surface area contributed by atoms with Crippen molar-refractivity contribution in [3.63, 3.8) is 0 Å². The van der Waals surface area contributed by atoms with Gasteiger partial charge in [0.25, 0.3) is 0 Å². The lowest BCUT2D eigenvalue weighted by molar-refractivity contribution is -0.139. The monoisotopic (exact) mass is 221 g/mol. The summed E-state index contributed by atoms with van der Waals surface area (Å²) in [5.74, 6) is -2.54. The standard InChI is InChI=1S/C10H17F2NO2/c1-15-9(14)7-13-6-8-2-4-10(11,12)5-3-8/h8,13H,2-7H2,1H3. The summed E-state index contributed by atoms with van der Waals surface area (Å²) in [7, 11) is 1.32. The van der Waals surface area contributed by atoms with E-state index in [0.29, 0.717) is 19.4 Å². The van der Waals surface area contributed by atoms with E-state index in [1.54, 1.807) is 0 Å². The first-order valence-corrected chi connectivity index (χ1v) is 5.19. The van der Waals surface area contributed by atoms with Gasteiger partial charge in [-0.1, -0.05) is 0 Å². The van der Waals surface area contributed by atoms with Crippen LogP contribution in [-0.4, -0.2) is 32.1 Å². The van der Waals surface area contributed by atoms with Crippen LogP contribution in [0.15, 0.2) is 0 Å². The molecule has 15 heavy (non-hydrogen) atoms. The summed E-state index contributed by atoms with van der Waals surface area (Å²) in [5.41, 5.74) is 0. The highest BCUT2D eigenvalue weighted by molar-refractivity contribution is 5.71. The minimum Gasteiger partial charge on any atom is -0.468 e. The van der Waals surface area contributed by atoms with E-state index in [4.69, 9.17) is 0 Å². The molecule has 1 N–H and O–H groups in total. The van der Waals surface area contributed by atoms with Crippen LogP contribution < -0.4 is 5.32 Å². The molecule has 0 aromatic rings. The van der Waals surface area contributed by atoms with E-state index >= 15 is 0 Å². The Morgan fingerprint density at radius 3 is 2.60 bits per heavy atom. The molecule has 0 aromatic carbocycles. The molecule has 1 fully saturated rings. The maximum atomic E-state index is 12.8. The van der Waals surface area contributed by atoms with Gasteiger partial charge in [0.2, 0.25) is 5.92 Å². The van der Waals surface area contributed by atoms with Gasteiger partial charge in [0, 0.05) is 12.8 Å². The Balaban J connectivity index is 2.11. The molecule has 0 saturated heterocycles. The Morgan fingerprint density at radius 2 is 2.07 bits per heavy atom. The van der Waals surface area contributed by atoms with Gasteiger partial charge in [-0.25, -0.2) is 8.78 Å². The molecule has 0 amide bonds. The van der Waals surface area contributed by atoms with Crippen molar-refractivity contribution in [2.75, 3.05) is 20.2 Å². The van der Waals surface area contributed by atoms with Crippen molar-refractivity contribution in [1.29, 1.82) is 0 Å². The van der Waals surface area contributed by atoms with Crippen LogP contribution in [0.3, 0.4) is 0 Å². The number of alkyl halides is 2. The van der Waals surface area contributed by atoms with E-state index in [2.05, 4.69) is 10.1 Å². The molecule has 3 nitrogen and oxygen atoms in total. The number of carbonyl (C=O) groups is 1. The lowest BCUT2D eigenvalue weighted by Gasteiger charge is -2.28. The van der Waals surface area contributed by atoms with Crippen molar-refractivity contribution in [1.82, 2.24) is 5.32 Å². The number of esters is 1. The van der Waals surface area contributed by atoms with Crippen molar-refractivity contribution in [3.8, 4) is 0 Å². The second-order valence-corrected chi connectivity index (χ2v) is 4.01. The highest BCUT2D eigenvalue weighted by atomic mass is 19.3. The summed E-state index contributed by atoms with van der Waals surface area (Å²) in [6.45, 7) is 0.772. The molecule has 0 heterocycles. The molecule has 1 rings (SSSR count). The fourth-order valence-electron chi connectivity index (χ4n) is 1.75. The minimum atomic E-state index is -2.47. The van der Waals surface area contributed by atoms with Crippen LogP contribution in [0, 0.1) is 5.92 Å². The van der Waals surface area contributed by atoms with E-state index in [1.165, 1.54) is 7.11 Å². The number of hydrogen-bond donors (Lipinski definition) is 1. The van der Waals surface area contributed by atoms with Crippen molar-refractivity contribution in [2.24, 2.45) is 5.92 Å². The number of hydrogen-bond acceptors (Lipinski definition) is 3. The van der Waals surface area contributed by atoms with Crippen molar-refractivity contribution >= 4 is 5.97 Å². The molecular weight excluding hydrogens is 204 g/mol. The van der Waals surface area contributed by atoms with Crippen LogP contribution in [0.4, 0.5) is 8.78 Å². The van der Waals surface area contributed by atoms with Gasteiger partial charge in [0.15, 0.2) is 0 Å². The van der Waals surface area contributed by atoms with Crippen LogP contribution in [0.5, 0.6) is 0 Å². The SMILES string of the molecule is COC(=O)CNCC1CCC(F)(F)CC1. The van der Waals surface area contributed by atoms with Gasteiger partial charge in [0.1, 0.15) is 0 Å². The normalized spacial score (nSPS) is 21.3. The van der Waals surface area contributed by atoms with E-state index in [0.717, 1.165) is 0 Å². The highest BCUT2D eigenvalue weighted by Crippen LogP contribution is 2.35. The Bertz CT molecular complexity index is 211. The third-order valence-corrected chi connectivity index (χ3v) is 2.77. The van der Waals surface area contributed by atoms with E-state index in [9.17, 15) is 13.6 Å². The zero-order chi connectivity index (χ0) is 11.3. The third-order valence-electron chi connectivity index (χ3n) is 2.77. The highest BCUT2D eigenvalue weighted by Gasteiger charge is 2.34. The fraction of sp³-hybridized carbons (Fsp3) is 0.900. The Morgan fingerprint density at radius 1 is 1.47 bits per heavy atom. The minimum absolute atomic E-state index is 0.0302. The molecule has 0 radical (unpaired) electrons. The number of nitrogens with one attached hydrogen (secondary N) is 1. The lowest BCUT2D eigenvalue weighted by Crippen LogP contribution is -2.33. The van der Waals surface area contributed by atoms with Crippen molar-refractivity contribution < 1.29 is 18.3 Å². The summed E-state index contributed by atoms with van der Waals surface area (Å²) >= 11 is 0. The second-order valence-electron chi connectivity index (χ2n) is 4.01. The van der Waals surface area contributed by atoms with Crippen LogP contribution >= 0.6 is 0 Å². The Labute approximate surface area is 88.2 Å². The largest absolute Gasteiger partial charge is 0.468 e. The van der Waals surface area contributed by atoms with Crippen molar-refractivity contribution in [2.45, 2.75) is 31.6 Å². The van der Waals surface area contributed by atoms with E-state index in [1.807, 2.05) is 0 Å². The third kappa shape index (κ3) is 4.55. The molecule has 0 aliphatic heterocycles. The molecule has 0 atom stereocenters. The average molecular weight is 221 g/mol. The average Bonchev–Trinajstić information content (AvgIpc) is 2.20. The first-order chi connectivity index (χ1) is 7.03. The number of ether oxygens (including phenoxy) is 1. The lowest BCUT2D eigenvalue weighted by atomic mass is 9.87. The summed E-state index contributed by atoms with van der Waals surface area (Å²) < 4.78 is 30.0. The van der Waals surface area contributed by atoms with Gasteiger partial charge in [-0.3, -0.25) is 4.79 Å². The van der Waals surface area contributed by atoms with Gasteiger partial charge >= 0.3 is 5.97 Å². The van der Waals surface area contributed by atoms with Crippen molar-refractivity contribution in [3.05, 3.63) is 0 Å². The van der Waals surface area contributed by atoms with Gasteiger partial charge in [-0.05, 0) is 25.3 Å². The number of methoxy groups -OCH3 is 1. The molecule has 5 heteroatoms. The maximum Gasteiger partial charge on any atom is 0.319 e. The molecule has 0 unspecified atom stereocenters. The van der Waals surface area contributed by atoms with Crippen LogP contribution in [0.2, 0.25) is 0 Å². The molecule has 0 bridgehead atoms. The van der Waals surface area contributed by atoms with Crippen LogP contribution in [0.25, 0.3) is 0 Å². The van der Waals surface area contributed by atoms with Gasteiger partial charge in [-0.2, -0.15) is 0 Å². The van der Waals surface area contributed by atoms with Crippen LogP contribution in [-0.2, 0) is 9.53 Å². The predicted octanol–water partition coefficient (Wildman–Crippen LogP) is 1.57. The Hall–Kier alpha value is -0.710. The molecule has 1 aliphatic carbocycles. The zero-order valence-electron chi connectivity index (χ0n) is 8.89. The van der Waals surface area contributed by atoms with Gasteiger partial charge in [-0.15, -0.1) is 0 Å². The topological polar surface area (TPSA) is 38.3 Å². The van der Waals surface area contributed by atoms with E-state index < -0.39 is 5.92 Å². The first kappa shape index (κ1) is 12.4. The first-order valence-electron chi connectivity index (χ1n) is 5.19. The fourth-order valence-corrected chi connectivity index (χ4v) is 1.75. The predicted molar refractivity (Wildman–Crippen MR) is 51.8 cm³/mol. The summed E-state index contributed by atoms with van der Waals surface area (Å²) in [6, 6.07) is 0. The molecule has 88 valence electrons. The molecule has 0 aromatic heterocycles. The second kappa shape index (κ2) is 5.39. The van der Waals surface area contributed by atoms with Crippen LogP contribution in [0.1, 0.15) is 25.7 Å². The quantitative estimate of drug-likeness (QED) is 0.732. The maximum absolute atomic E-state index is 12.8. The summed E-state index contributed by atoms with van der Waals surface area (Å²) in [5, 5.41) is 2.91. The van der Waals surface area contributed by atoms with E-state index in [-0.39, 0.29) is 31.3 Å². The summed E-state index contributed by atoms with van der Waals surface area (Å²) in [4.78, 5) is 10.8. The zero-order valence-corrected chi connectivity index (χ0v) is 8.89. The molecular formula is C10H17F2NO2.